The zero-order chi connectivity index (χ0) is 17.6. The number of halogens is 1. The van der Waals surface area contributed by atoms with Gasteiger partial charge in [0.15, 0.2) is 0 Å². The topological polar surface area (TPSA) is 60.8 Å². The van der Waals surface area contributed by atoms with E-state index >= 15 is 0 Å². The Hall–Kier alpha value is -2.56. The highest BCUT2D eigenvalue weighted by Crippen LogP contribution is 2.34. The Labute approximate surface area is 140 Å². The van der Waals surface area contributed by atoms with Crippen molar-refractivity contribution in [2.45, 2.75) is 39.8 Å². The van der Waals surface area contributed by atoms with E-state index in [0.29, 0.717) is 24.2 Å². The molecule has 2 aromatic carbocycles. The van der Waals surface area contributed by atoms with Gasteiger partial charge < -0.3 is 15.1 Å². The first-order valence-corrected chi connectivity index (χ1v) is 7.91. The van der Waals surface area contributed by atoms with Gasteiger partial charge in [-0.25, -0.2) is 4.39 Å². The third kappa shape index (κ3) is 2.70. The van der Waals surface area contributed by atoms with Crippen molar-refractivity contribution < 1.29 is 19.4 Å². The van der Waals surface area contributed by atoms with E-state index in [2.05, 4.69) is 0 Å². The van der Waals surface area contributed by atoms with Gasteiger partial charge >= 0.3 is 0 Å². The number of fused-ring (bicyclic) bond motifs is 1. The fraction of sp³-hybridized carbons (Fsp3) is 0.316. The van der Waals surface area contributed by atoms with Crippen LogP contribution in [0.4, 0.5) is 4.39 Å². The lowest BCUT2D eigenvalue weighted by Crippen LogP contribution is -2.25. The van der Waals surface area contributed by atoms with Gasteiger partial charge in [-0.3, -0.25) is 4.79 Å². The number of benzene rings is 2. The highest BCUT2D eigenvalue weighted by atomic mass is 19.1. The van der Waals surface area contributed by atoms with E-state index < -0.39 is 0 Å². The van der Waals surface area contributed by atoms with Gasteiger partial charge in [-0.1, -0.05) is 19.9 Å². The van der Waals surface area contributed by atoms with Crippen LogP contribution in [0.3, 0.4) is 0 Å². The molecule has 2 aromatic rings. The van der Waals surface area contributed by atoms with Crippen molar-refractivity contribution in [3.05, 3.63) is 57.9 Å². The molecule has 126 valence electrons. The molecule has 0 aromatic heterocycles. The molecule has 24 heavy (non-hydrogen) atoms. The second-order valence-corrected chi connectivity index (χ2v) is 6.61. The molecule has 5 heteroatoms. The maximum Gasteiger partial charge on any atom is 0.258 e. The van der Waals surface area contributed by atoms with Crippen LogP contribution in [0.15, 0.2) is 24.3 Å². The van der Waals surface area contributed by atoms with Crippen LogP contribution in [0.2, 0.25) is 0 Å². The minimum Gasteiger partial charge on any atom is -0.508 e. The van der Waals surface area contributed by atoms with Gasteiger partial charge in [-0.15, -0.1) is 0 Å². The summed E-state index contributed by atoms with van der Waals surface area (Å²) in [5, 5.41) is 20.0. The first-order valence-electron chi connectivity index (χ1n) is 7.91. The van der Waals surface area contributed by atoms with Crippen molar-refractivity contribution in [3.63, 3.8) is 0 Å². The molecule has 4 nitrogen and oxygen atoms in total. The Kier molecular flexibility index (Phi) is 3.95. The lowest BCUT2D eigenvalue weighted by Gasteiger charge is -2.18. The van der Waals surface area contributed by atoms with Gasteiger partial charge in [0, 0.05) is 19.2 Å². The molecule has 0 fully saturated rings. The third-order valence-electron chi connectivity index (χ3n) is 4.49. The van der Waals surface area contributed by atoms with E-state index in [1.54, 1.807) is 17.9 Å². The third-order valence-corrected chi connectivity index (χ3v) is 4.49. The smallest absolute Gasteiger partial charge is 0.258 e. The van der Waals surface area contributed by atoms with Crippen molar-refractivity contribution in [1.29, 1.82) is 0 Å². The number of rotatable bonds is 2. The number of carbonyl (C=O) groups is 1. The van der Waals surface area contributed by atoms with Crippen LogP contribution >= 0.6 is 0 Å². The average molecular weight is 329 g/mol. The number of hydrogen-bond donors (Lipinski definition) is 2. The van der Waals surface area contributed by atoms with E-state index in [1.165, 1.54) is 18.2 Å². The van der Waals surface area contributed by atoms with E-state index in [4.69, 9.17) is 0 Å². The van der Waals surface area contributed by atoms with Gasteiger partial charge in [-0.2, -0.15) is 0 Å². The highest BCUT2D eigenvalue weighted by Gasteiger charge is 2.27. The van der Waals surface area contributed by atoms with Gasteiger partial charge in [0.2, 0.25) is 0 Å². The molecule has 0 aliphatic carbocycles. The summed E-state index contributed by atoms with van der Waals surface area (Å²) in [5.74, 6) is -0.868. The molecule has 0 bridgehead atoms. The minimum atomic E-state index is -0.330. The van der Waals surface area contributed by atoms with E-state index in [9.17, 15) is 19.4 Å². The van der Waals surface area contributed by atoms with Gasteiger partial charge in [0.25, 0.3) is 5.91 Å². The number of hydrogen-bond acceptors (Lipinski definition) is 3. The molecule has 1 heterocycles. The SMILES string of the molecule is Cc1cc2c(cc1F)CN(C(=O)c1cc(C(C)C)c(O)cc1O)C2. The first-order chi connectivity index (χ1) is 11.3. The molecule has 1 aliphatic rings. The molecule has 3 rings (SSSR count). The summed E-state index contributed by atoms with van der Waals surface area (Å²) >= 11 is 0. The van der Waals surface area contributed by atoms with Crippen LogP contribution < -0.4 is 0 Å². The minimum absolute atomic E-state index is 0.0182. The predicted molar refractivity (Wildman–Crippen MR) is 88.6 cm³/mol. The summed E-state index contributed by atoms with van der Waals surface area (Å²) in [6.45, 7) is 6.19. The van der Waals surface area contributed by atoms with Gasteiger partial charge in [-0.05, 0) is 47.2 Å². The summed E-state index contributed by atoms with van der Waals surface area (Å²) < 4.78 is 13.7. The predicted octanol–water partition coefficient (Wildman–Crippen LogP) is 3.82. The Morgan fingerprint density at radius 1 is 1.08 bits per heavy atom. The fourth-order valence-electron chi connectivity index (χ4n) is 3.09. The normalized spacial score (nSPS) is 13.5. The largest absolute Gasteiger partial charge is 0.508 e. The van der Waals surface area contributed by atoms with Crippen molar-refractivity contribution in [1.82, 2.24) is 4.90 Å². The number of phenols is 2. The van der Waals surface area contributed by atoms with E-state index in [0.717, 1.165) is 11.1 Å². The molecule has 1 amide bonds. The molecular formula is C19H20FNO3. The van der Waals surface area contributed by atoms with Crippen LogP contribution in [-0.4, -0.2) is 21.0 Å². The monoisotopic (exact) mass is 329 g/mol. The van der Waals surface area contributed by atoms with Crippen LogP contribution in [-0.2, 0) is 13.1 Å². The molecule has 0 unspecified atom stereocenters. The molecule has 0 radical (unpaired) electrons. The Bertz CT molecular complexity index is 799. The van der Waals surface area contributed by atoms with Crippen molar-refractivity contribution in [2.75, 3.05) is 0 Å². The van der Waals surface area contributed by atoms with Crippen LogP contribution in [0.25, 0.3) is 0 Å². The summed E-state index contributed by atoms with van der Waals surface area (Å²) in [6.07, 6.45) is 0. The van der Waals surface area contributed by atoms with Gasteiger partial charge in [0.05, 0.1) is 5.56 Å². The second-order valence-electron chi connectivity index (χ2n) is 6.61. The number of nitrogens with zero attached hydrogens (tertiary/aromatic N) is 1. The molecular weight excluding hydrogens is 309 g/mol. The van der Waals surface area contributed by atoms with Gasteiger partial charge in [0.1, 0.15) is 17.3 Å². The highest BCUT2D eigenvalue weighted by molar-refractivity contribution is 5.97. The molecule has 2 N–H and O–H groups in total. The summed E-state index contributed by atoms with van der Waals surface area (Å²) in [6, 6.07) is 5.96. The summed E-state index contributed by atoms with van der Waals surface area (Å²) in [4.78, 5) is 14.4. The maximum absolute atomic E-state index is 13.7. The van der Waals surface area contributed by atoms with Crippen molar-refractivity contribution in [2.24, 2.45) is 0 Å². The van der Waals surface area contributed by atoms with E-state index in [1.807, 2.05) is 13.8 Å². The number of carbonyl (C=O) groups excluding carboxylic acids is 1. The average Bonchev–Trinajstić information content (AvgIpc) is 2.89. The molecule has 0 saturated carbocycles. The van der Waals surface area contributed by atoms with Crippen molar-refractivity contribution in [3.8, 4) is 11.5 Å². The lowest BCUT2D eigenvalue weighted by molar-refractivity contribution is 0.0748. The Morgan fingerprint density at radius 3 is 2.33 bits per heavy atom. The molecule has 0 saturated heterocycles. The molecule has 0 atom stereocenters. The maximum atomic E-state index is 13.7. The summed E-state index contributed by atoms with van der Waals surface area (Å²) in [7, 11) is 0. The van der Waals surface area contributed by atoms with E-state index in [-0.39, 0.29) is 34.7 Å². The van der Waals surface area contributed by atoms with Crippen molar-refractivity contribution >= 4 is 5.91 Å². The first kappa shape index (κ1) is 16.3. The second kappa shape index (κ2) is 5.82. The van der Waals surface area contributed by atoms with Crippen LogP contribution in [0.1, 0.15) is 52.4 Å². The number of aromatic hydroxyl groups is 2. The summed E-state index contributed by atoms with van der Waals surface area (Å²) in [5.41, 5.74) is 3.02. The van der Waals surface area contributed by atoms with Crippen LogP contribution in [0.5, 0.6) is 11.5 Å². The molecule has 1 aliphatic heterocycles. The quantitative estimate of drug-likeness (QED) is 0.880. The number of phenolic OH excluding ortho intramolecular Hbond substituents is 2. The number of aryl methyl sites for hydroxylation is 1. The van der Waals surface area contributed by atoms with Crippen LogP contribution in [0, 0.1) is 12.7 Å². The lowest BCUT2D eigenvalue weighted by atomic mass is 9.98. The molecule has 0 spiro atoms. The Balaban J connectivity index is 1.93. The Morgan fingerprint density at radius 2 is 1.71 bits per heavy atom. The standard InChI is InChI=1S/C19H20FNO3/c1-10(2)14-6-15(18(23)7-17(14)22)19(24)21-8-12-4-11(3)16(20)5-13(12)9-21/h4-7,10,22-23H,8-9H2,1-3H3. The number of amides is 1. The zero-order valence-electron chi connectivity index (χ0n) is 13.9. The zero-order valence-corrected chi connectivity index (χ0v) is 13.9. The fourth-order valence-corrected chi connectivity index (χ4v) is 3.09.